The van der Waals surface area contributed by atoms with Crippen molar-refractivity contribution in [3.63, 3.8) is 0 Å². The number of carbonyl (C=O) groups excluding carboxylic acids is 1. The Bertz CT molecular complexity index is 1530. The second kappa shape index (κ2) is 11.5. The number of fused-ring (bicyclic) bond motifs is 1. The Kier molecular flexibility index (Phi) is 7.96. The SMILES string of the molecule is CCOC(=O)C(NCCn1c(C#N)c(-c2cccc(F)c2)c2cc(OC)ccc2c1=O)c1ccccc1. The first-order valence-electron chi connectivity index (χ1n) is 11.8. The molecule has 1 N–H and O–H groups in total. The maximum Gasteiger partial charge on any atom is 0.327 e. The summed E-state index contributed by atoms with van der Waals surface area (Å²) in [6.07, 6.45) is 0. The third-order valence-corrected chi connectivity index (χ3v) is 6.04. The first-order chi connectivity index (χ1) is 18.0. The van der Waals surface area contributed by atoms with Crippen LogP contribution in [0.1, 0.15) is 24.2 Å². The van der Waals surface area contributed by atoms with Gasteiger partial charge in [0.05, 0.1) is 13.7 Å². The number of nitriles is 1. The van der Waals surface area contributed by atoms with Gasteiger partial charge in [-0.15, -0.1) is 0 Å². The molecule has 0 radical (unpaired) electrons. The van der Waals surface area contributed by atoms with Crippen LogP contribution in [-0.2, 0) is 16.1 Å². The molecule has 188 valence electrons. The van der Waals surface area contributed by atoms with Crippen LogP contribution in [0.3, 0.4) is 0 Å². The van der Waals surface area contributed by atoms with Gasteiger partial charge in [-0.2, -0.15) is 5.26 Å². The number of halogens is 1. The van der Waals surface area contributed by atoms with Gasteiger partial charge in [-0.3, -0.25) is 14.7 Å². The molecular formula is C29H26FN3O4. The van der Waals surface area contributed by atoms with Gasteiger partial charge in [-0.1, -0.05) is 42.5 Å². The molecule has 0 aliphatic carbocycles. The van der Waals surface area contributed by atoms with Crippen LogP contribution in [0.5, 0.6) is 5.75 Å². The fourth-order valence-corrected chi connectivity index (χ4v) is 4.35. The summed E-state index contributed by atoms with van der Waals surface area (Å²) in [5, 5.41) is 14.2. The van der Waals surface area contributed by atoms with E-state index in [-0.39, 0.29) is 30.9 Å². The molecule has 7 nitrogen and oxygen atoms in total. The highest BCUT2D eigenvalue weighted by Crippen LogP contribution is 2.33. The minimum atomic E-state index is -0.741. The number of nitrogens with zero attached hydrogens (tertiary/aromatic N) is 2. The number of pyridine rings is 1. The van der Waals surface area contributed by atoms with E-state index >= 15 is 0 Å². The first kappa shape index (κ1) is 25.6. The van der Waals surface area contributed by atoms with Crippen molar-refractivity contribution < 1.29 is 18.7 Å². The minimum Gasteiger partial charge on any atom is -0.497 e. The van der Waals surface area contributed by atoms with Crippen molar-refractivity contribution in [2.75, 3.05) is 20.3 Å². The van der Waals surface area contributed by atoms with Gasteiger partial charge in [-0.25, -0.2) is 9.18 Å². The van der Waals surface area contributed by atoms with Crippen molar-refractivity contribution in [2.24, 2.45) is 0 Å². The van der Waals surface area contributed by atoms with Crippen molar-refractivity contribution in [3.8, 4) is 22.9 Å². The van der Waals surface area contributed by atoms with E-state index in [1.54, 1.807) is 37.3 Å². The normalized spacial score (nSPS) is 11.6. The quantitative estimate of drug-likeness (QED) is 0.339. The zero-order valence-corrected chi connectivity index (χ0v) is 20.5. The lowest BCUT2D eigenvalue weighted by Gasteiger charge is -2.20. The van der Waals surface area contributed by atoms with Crippen LogP contribution in [0.4, 0.5) is 4.39 Å². The van der Waals surface area contributed by atoms with Crippen molar-refractivity contribution >= 4 is 16.7 Å². The summed E-state index contributed by atoms with van der Waals surface area (Å²) in [5.74, 6) is -0.391. The van der Waals surface area contributed by atoms with Crippen LogP contribution >= 0.6 is 0 Å². The summed E-state index contributed by atoms with van der Waals surface area (Å²) >= 11 is 0. The Morgan fingerprint density at radius 2 is 1.86 bits per heavy atom. The highest BCUT2D eigenvalue weighted by Gasteiger charge is 2.23. The maximum atomic E-state index is 14.2. The smallest absolute Gasteiger partial charge is 0.327 e. The molecular weight excluding hydrogens is 473 g/mol. The zero-order valence-electron chi connectivity index (χ0n) is 20.5. The fourth-order valence-electron chi connectivity index (χ4n) is 4.35. The number of hydrogen-bond acceptors (Lipinski definition) is 6. The van der Waals surface area contributed by atoms with Crippen LogP contribution in [0.25, 0.3) is 21.9 Å². The lowest BCUT2D eigenvalue weighted by atomic mass is 9.96. The van der Waals surface area contributed by atoms with E-state index in [0.29, 0.717) is 27.6 Å². The maximum absolute atomic E-state index is 14.2. The third kappa shape index (κ3) is 5.37. The minimum absolute atomic E-state index is 0.0885. The summed E-state index contributed by atoms with van der Waals surface area (Å²) in [7, 11) is 1.51. The molecule has 3 aromatic carbocycles. The van der Waals surface area contributed by atoms with Gasteiger partial charge in [0.2, 0.25) is 0 Å². The molecule has 0 bridgehead atoms. The van der Waals surface area contributed by atoms with Gasteiger partial charge in [0.25, 0.3) is 5.56 Å². The summed E-state index contributed by atoms with van der Waals surface area (Å²) < 4.78 is 26.1. The van der Waals surface area contributed by atoms with E-state index in [4.69, 9.17) is 9.47 Å². The molecule has 0 aliphatic heterocycles. The summed E-state index contributed by atoms with van der Waals surface area (Å²) in [6.45, 7) is 2.25. The summed E-state index contributed by atoms with van der Waals surface area (Å²) in [5.41, 5.74) is 1.33. The molecule has 37 heavy (non-hydrogen) atoms. The lowest BCUT2D eigenvalue weighted by Crippen LogP contribution is -2.35. The molecule has 1 aromatic heterocycles. The molecule has 1 atom stereocenters. The number of methoxy groups -OCH3 is 1. The molecule has 0 aliphatic rings. The molecule has 4 rings (SSSR count). The van der Waals surface area contributed by atoms with Crippen LogP contribution in [-0.4, -0.2) is 30.8 Å². The van der Waals surface area contributed by atoms with Crippen molar-refractivity contribution in [3.05, 3.63) is 100 Å². The lowest BCUT2D eigenvalue weighted by molar-refractivity contribution is -0.145. The second-order valence-electron chi connectivity index (χ2n) is 8.26. The van der Waals surface area contributed by atoms with E-state index in [2.05, 4.69) is 11.4 Å². The van der Waals surface area contributed by atoms with E-state index in [9.17, 15) is 19.2 Å². The van der Waals surface area contributed by atoms with Gasteiger partial charge in [-0.05, 0) is 48.4 Å². The molecule has 1 unspecified atom stereocenters. The van der Waals surface area contributed by atoms with Crippen molar-refractivity contribution in [2.45, 2.75) is 19.5 Å². The van der Waals surface area contributed by atoms with Crippen LogP contribution in [0.15, 0.2) is 77.6 Å². The van der Waals surface area contributed by atoms with Gasteiger partial charge >= 0.3 is 5.97 Å². The monoisotopic (exact) mass is 499 g/mol. The van der Waals surface area contributed by atoms with Crippen molar-refractivity contribution in [1.82, 2.24) is 9.88 Å². The number of rotatable bonds is 9. The van der Waals surface area contributed by atoms with Gasteiger partial charge in [0.15, 0.2) is 0 Å². The average molecular weight is 500 g/mol. The number of nitrogens with one attached hydrogen (secondary N) is 1. The van der Waals surface area contributed by atoms with Gasteiger partial charge < -0.3 is 9.47 Å². The molecule has 0 saturated carbocycles. The van der Waals surface area contributed by atoms with E-state index in [1.807, 2.05) is 30.3 Å². The van der Waals surface area contributed by atoms with E-state index < -0.39 is 17.8 Å². The number of benzene rings is 3. The fraction of sp³-hybridized carbons (Fsp3) is 0.207. The Hall–Kier alpha value is -4.48. The van der Waals surface area contributed by atoms with Crippen LogP contribution < -0.4 is 15.6 Å². The number of ether oxygens (including phenoxy) is 2. The Morgan fingerprint density at radius 3 is 2.54 bits per heavy atom. The topological polar surface area (TPSA) is 93.3 Å². The molecule has 0 amide bonds. The van der Waals surface area contributed by atoms with E-state index in [1.165, 1.54) is 23.8 Å². The Balaban J connectivity index is 1.78. The molecule has 0 spiro atoms. The number of hydrogen-bond donors (Lipinski definition) is 1. The molecule has 8 heteroatoms. The average Bonchev–Trinajstić information content (AvgIpc) is 2.92. The van der Waals surface area contributed by atoms with Gasteiger partial charge in [0, 0.05) is 29.4 Å². The zero-order chi connectivity index (χ0) is 26.4. The predicted octanol–water partition coefficient (Wildman–Crippen LogP) is 4.58. The Labute approximate surface area is 213 Å². The number of esters is 1. The number of aromatic nitrogens is 1. The largest absolute Gasteiger partial charge is 0.497 e. The van der Waals surface area contributed by atoms with E-state index in [0.717, 1.165) is 5.56 Å². The number of carbonyl (C=O) groups is 1. The van der Waals surface area contributed by atoms with Gasteiger partial charge in [0.1, 0.15) is 29.4 Å². The molecule has 4 aromatic rings. The molecule has 0 fully saturated rings. The second-order valence-corrected chi connectivity index (χ2v) is 8.26. The highest BCUT2D eigenvalue weighted by molar-refractivity contribution is 5.99. The predicted molar refractivity (Wildman–Crippen MR) is 139 cm³/mol. The van der Waals surface area contributed by atoms with Crippen LogP contribution in [0.2, 0.25) is 0 Å². The Morgan fingerprint density at radius 1 is 1.08 bits per heavy atom. The van der Waals surface area contributed by atoms with Crippen molar-refractivity contribution in [1.29, 1.82) is 5.26 Å². The first-order valence-corrected chi connectivity index (χ1v) is 11.8. The molecule has 1 heterocycles. The highest BCUT2D eigenvalue weighted by atomic mass is 19.1. The summed E-state index contributed by atoms with van der Waals surface area (Å²) in [4.78, 5) is 26.1. The van der Waals surface area contributed by atoms with Crippen LogP contribution in [0, 0.1) is 17.1 Å². The third-order valence-electron chi connectivity index (χ3n) is 6.04. The summed E-state index contributed by atoms with van der Waals surface area (Å²) in [6, 6.07) is 21.4. The standard InChI is InChI=1S/C29H26FN3O4/c1-3-37-29(35)27(19-8-5-4-6-9-19)32-14-15-33-25(18-31)26(20-10-7-11-21(30)16-20)24-17-22(36-2)12-13-23(24)28(33)34/h4-13,16-17,27,32H,3,14-15H2,1-2H3. The molecule has 0 saturated heterocycles.